The van der Waals surface area contributed by atoms with Gasteiger partial charge in [0.25, 0.3) is 0 Å². The molecule has 0 unspecified atom stereocenters. The first kappa shape index (κ1) is 28.9. The molecule has 2 N–H and O–H groups in total. The van der Waals surface area contributed by atoms with E-state index in [9.17, 15) is 35.9 Å². The molecule has 5 aromatic rings. The van der Waals surface area contributed by atoms with Gasteiger partial charge in [-0.3, -0.25) is 0 Å². The van der Waals surface area contributed by atoms with Gasteiger partial charge in [-0.15, -0.1) is 10.2 Å². The number of nitrogens with zero attached hydrogens (tertiary/aromatic N) is 7. The number of benzene rings is 2. The smallest absolute Gasteiger partial charge is 0.417 e. The quantitative estimate of drug-likeness (QED) is 0.246. The third kappa shape index (κ3) is 5.77. The van der Waals surface area contributed by atoms with E-state index in [4.69, 9.17) is 10.2 Å². The Bertz CT molecular complexity index is 1760. The normalized spacial score (nSPS) is 12.0. The monoisotopic (exact) mass is 603 g/mol. The topological polar surface area (TPSA) is 149 Å². The summed E-state index contributed by atoms with van der Waals surface area (Å²) in [5.41, 5.74) is -3.47. The fourth-order valence-corrected chi connectivity index (χ4v) is 4.14. The molecule has 17 heteroatoms. The van der Waals surface area contributed by atoms with Gasteiger partial charge in [-0.25, -0.2) is 23.9 Å². The summed E-state index contributed by atoms with van der Waals surface area (Å²) in [7, 11) is 0. The molecule has 3 heterocycles. The van der Waals surface area contributed by atoms with Crippen LogP contribution < -0.4 is 0 Å². The van der Waals surface area contributed by atoms with Gasteiger partial charge >= 0.3 is 24.3 Å². The van der Waals surface area contributed by atoms with Crippen LogP contribution in [0.25, 0.3) is 34.2 Å². The van der Waals surface area contributed by atoms with Gasteiger partial charge in [0.15, 0.2) is 0 Å². The highest BCUT2D eigenvalue weighted by Crippen LogP contribution is 2.35. The molecule has 2 aromatic carbocycles. The summed E-state index contributed by atoms with van der Waals surface area (Å²) in [4.78, 5) is 26.9. The Morgan fingerprint density at radius 3 is 1.40 bits per heavy atom. The maximum absolute atomic E-state index is 13.5. The number of aromatic carboxylic acids is 2. The molecule has 0 aliphatic heterocycles. The number of carbonyl (C=O) groups is 2. The van der Waals surface area contributed by atoms with Crippen molar-refractivity contribution in [1.82, 2.24) is 35.0 Å². The number of carboxylic acid groups (broad SMARTS) is 2. The number of aryl methyl sites for hydroxylation is 1. The number of hydrogen-bond donors (Lipinski definition) is 2. The molecule has 3 aromatic heterocycles. The number of aromatic nitrogens is 7. The maximum Gasteiger partial charge on any atom is 0.417 e. The molecule has 220 valence electrons. The van der Waals surface area contributed by atoms with Gasteiger partial charge in [-0.05, 0) is 61.0 Å². The van der Waals surface area contributed by atoms with Gasteiger partial charge < -0.3 is 10.2 Å². The summed E-state index contributed by atoms with van der Waals surface area (Å²) in [5.74, 6) is -3.49. The molecule has 0 saturated carbocycles. The molecule has 0 bridgehead atoms. The lowest BCUT2D eigenvalue weighted by Gasteiger charge is -2.11. The molecule has 5 rings (SSSR count). The molecule has 0 aliphatic rings. The van der Waals surface area contributed by atoms with E-state index < -0.39 is 46.5 Å². The van der Waals surface area contributed by atoms with Crippen LogP contribution in [-0.4, -0.2) is 57.1 Å². The van der Waals surface area contributed by atoms with Crippen molar-refractivity contribution in [2.24, 2.45) is 0 Å². The number of hydrogen-bond acceptors (Lipinski definition) is 7. The van der Waals surface area contributed by atoms with Crippen LogP contribution in [0, 0.1) is 6.92 Å². The molecule has 0 fully saturated rings. The van der Waals surface area contributed by atoms with E-state index >= 15 is 0 Å². The number of rotatable bonds is 6. The summed E-state index contributed by atoms with van der Waals surface area (Å²) >= 11 is 0. The molecule has 0 aliphatic carbocycles. The summed E-state index contributed by atoms with van der Waals surface area (Å²) < 4.78 is 82.7. The lowest BCUT2D eigenvalue weighted by atomic mass is 10.1. The van der Waals surface area contributed by atoms with Crippen LogP contribution in [0.5, 0.6) is 0 Å². The van der Waals surface area contributed by atoms with E-state index in [-0.39, 0.29) is 34.2 Å². The van der Waals surface area contributed by atoms with Crippen molar-refractivity contribution in [3.8, 4) is 34.2 Å². The van der Waals surface area contributed by atoms with Crippen molar-refractivity contribution in [2.75, 3.05) is 0 Å². The summed E-state index contributed by atoms with van der Waals surface area (Å²) in [6.07, 6.45) is -7.32. The standard InChI is InChI=1S/C26H15F6N7O4/c1-12-6-19(21-10-38(36-34-21)13-2-4-15(23(40)41)17(8-13)25(27,28)29)33-20(7-12)22-11-39(37-35-22)14-3-5-16(24(42)43)18(9-14)26(30,31)32/h2-11H,1H3,(H,40,41)(H,42,43). The maximum atomic E-state index is 13.5. The zero-order valence-electron chi connectivity index (χ0n) is 21.4. The highest BCUT2D eigenvalue weighted by atomic mass is 19.4. The highest BCUT2D eigenvalue weighted by Gasteiger charge is 2.37. The Hall–Kier alpha value is -5.61. The fourth-order valence-electron chi connectivity index (χ4n) is 4.14. The van der Waals surface area contributed by atoms with Crippen molar-refractivity contribution in [3.05, 3.63) is 88.7 Å². The van der Waals surface area contributed by atoms with Gasteiger partial charge in [-0.1, -0.05) is 10.4 Å². The molecule has 0 saturated heterocycles. The third-order valence-corrected chi connectivity index (χ3v) is 6.09. The Labute approximate surface area is 235 Å². The minimum absolute atomic E-state index is 0.112. The zero-order chi connectivity index (χ0) is 31.3. The van der Waals surface area contributed by atoms with Crippen molar-refractivity contribution in [1.29, 1.82) is 0 Å². The van der Waals surface area contributed by atoms with Crippen molar-refractivity contribution in [2.45, 2.75) is 19.3 Å². The molecule has 0 spiro atoms. The van der Waals surface area contributed by atoms with Crippen molar-refractivity contribution >= 4 is 11.9 Å². The van der Waals surface area contributed by atoms with E-state index in [1.807, 2.05) is 0 Å². The van der Waals surface area contributed by atoms with E-state index in [0.717, 1.165) is 33.6 Å². The van der Waals surface area contributed by atoms with Crippen LogP contribution in [0.15, 0.2) is 60.9 Å². The number of carboxylic acids is 2. The Morgan fingerprint density at radius 1 is 0.651 bits per heavy atom. The summed E-state index contributed by atoms with van der Waals surface area (Å²) in [6, 6.07) is 8.33. The molecule has 0 atom stereocenters. The predicted molar refractivity (Wildman–Crippen MR) is 134 cm³/mol. The first-order valence-electron chi connectivity index (χ1n) is 11.9. The van der Waals surface area contributed by atoms with Crippen LogP contribution >= 0.6 is 0 Å². The van der Waals surface area contributed by atoms with Crippen molar-refractivity contribution < 1.29 is 46.1 Å². The second kappa shape index (κ2) is 10.3. The van der Waals surface area contributed by atoms with Gasteiger partial charge in [0.05, 0.1) is 57.4 Å². The van der Waals surface area contributed by atoms with E-state index in [1.165, 1.54) is 12.4 Å². The minimum Gasteiger partial charge on any atom is -0.478 e. The number of alkyl halides is 6. The third-order valence-electron chi connectivity index (χ3n) is 6.09. The van der Waals surface area contributed by atoms with Gasteiger partial charge in [0, 0.05) is 0 Å². The molecule has 11 nitrogen and oxygen atoms in total. The minimum atomic E-state index is -4.94. The van der Waals surface area contributed by atoms with Crippen LogP contribution in [0.1, 0.15) is 37.4 Å². The lowest BCUT2D eigenvalue weighted by molar-refractivity contribution is -0.138. The van der Waals surface area contributed by atoms with Crippen LogP contribution in [-0.2, 0) is 12.4 Å². The predicted octanol–water partition coefficient (Wildman–Crippen LogP) is 5.32. The fraction of sp³-hybridized carbons (Fsp3) is 0.115. The molecular formula is C26H15F6N7O4. The first-order valence-corrected chi connectivity index (χ1v) is 11.9. The SMILES string of the molecule is Cc1cc(-c2cn(-c3ccc(C(=O)O)c(C(F)(F)F)c3)nn2)nc(-c2cn(-c3ccc(C(=O)O)c(C(F)(F)F)c3)nn2)c1. The Kier molecular flexibility index (Phi) is 6.95. The summed E-state index contributed by atoms with van der Waals surface area (Å²) in [6.45, 7) is 1.70. The average molecular weight is 603 g/mol. The van der Waals surface area contributed by atoms with Crippen LogP contribution in [0.4, 0.5) is 26.3 Å². The zero-order valence-corrected chi connectivity index (χ0v) is 21.4. The van der Waals surface area contributed by atoms with Gasteiger partial charge in [0.1, 0.15) is 11.4 Å². The molecule has 43 heavy (non-hydrogen) atoms. The Balaban J connectivity index is 1.48. The largest absolute Gasteiger partial charge is 0.478 e. The number of pyridine rings is 1. The molecule has 0 radical (unpaired) electrons. The highest BCUT2D eigenvalue weighted by molar-refractivity contribution is 5.90. The first-order chi connectivity index (χ1) is 20.1. The second-order valence-electron chi connectivity index (χ2n) is 9.08. The van der Waals surface area contributed by atoms with Gasteiger partial charge in [-0.2, -0.15) is 26.3 Å². The van der Waals surface area contributed by atoms with E-state index in [2.05, 4.69) is 25.6 Å². The van der Waals surface area contributed by atoms with E-state index in [1.54, 1.807) is 19.1 Å². The summed E-state index contributed by atoms with van der Waals surface area (Å²) in [5, 5.41) is 33.8. The number of halogens is 6. The molecular weight excluding hydrogens is 588 g/mol. The molecule has 0 amide bonds. The lowest BCUT2D eigenvalue weighted by Crippen LogP contribution is -2.14. The van der Waals surface area contributed by atoms with Crippen LogP contribution in [0.3, 0.4) is 0 Å². The van der Waals surface area contributed by atoms with Gasteiger partial charge in [0.2, 0.25) is 0 Å². The van der Waals surface area contributed by atoms with Crippen LogP contribution in [0.2, 0.25) is 0 Å². The average Bonchev–Trinajstić information content (AvgIpc) is 3.62. The van der Waals surface area contributed by atoms with E-state index in [0.29, 0.717) is 17.7 Å². The second-order valence-corrected chi connectivity index (χ2v) is 9.08. The Morgan fingerprint density at radius 2 is 1.05 bits per heavy atom. The van der Waals surface area contributed by atoms with Crippen molar-refractivity contribution in [3.63, 3.8) is 0 Å².